The van der Waals surface area contributed by atoms with Gasteiger partial charge in [0.2, 0.25) is 10.0 Å². The minimum absolute atomic E-state index is 0.152. The lowest BCUT2D eigenvalue weighted by Gasteiger charge is -2.42. The van der Waals surface area contributed by atoms with Crippen molar-refractivity contribution in [2.45, 2.75) is 30.8 Å². The van der Waals surface area contributed by atoms with Crippen LogP contribution in [0.15, 0.2) is 47.4 Å². The monoisotopic (exact) mass is 342 g/mol. The van der Waals surface area contributed by atoms with Gasteiger partial charge in [0, 0.05) is 25.7 Å². The molecule has 1 atom stereocenters. The van der Waals surface area contributed by atoms with Gasteiger partial charge in [-0.25, -0.2) is 8.42 Å². The first-order valence-corrected chi connectivity index (χ1v) is 9.78. The van der Waals surface area contributed by atoms with Crippen molar-refractivity contribution in [3.63, 3.8) is 0 Å². The molecular weight excluding hydrogens is 320 g/mol. The molecule has 0 N–H and O–H groups in total. The molecule has 0 bridgehead atoms. The zero-order valence-electron chi connectivity index (χ0n) is 14.1. The number of rotatable bonds is 2. The Morgan fingerprint density at radius 2 is 1.75 bits per heavy atom. The van der Waals surface area contributed by atoms with Crippen molar-refractivity contribution in [2.24, 2.45) is 0 Å². The third kappa shape index (κ3) is 2.48. The van der Waals surface area contributed by atoms with Gasteiger partial charge in [0.05, 0.1) is 4.90 Å². The minimum atomic E-state index is -3.47. The molecule has 0 amide bonds. The van der Waals surface area contributed by atoms with E-state index in [9.17, 15) is 8.42 Å². The molecule has 0 saturated heterocycles. The molecule has 2 heterocycles. The lowest BCUT2D eigenvalue weighted by molar-refractivity contribution is 0.178. The van der Waals surface area contributed by atoms with Gasteiger partial charge in [0.25, 0.3) is 0 Å². The van der Waals surface area contributed by atoms with Crippen molar-refractivity contribution in [1.29, 1.82) is 0 Å². The maximum Gasteiger partial charge on any atom is 0.243 e. The lowest BCUT2D eigenvalue weighted by Crippen LogP contribution is -2.46. The van der Waals surface area contributed by atoms with Crippen LogP contribution >= 0.6 is 0 Å². The molecule has 0 fully saturated rings. The van der Waals surface area contributed by atoms with E-state index in [4.69, 9.17) is 0 Å². The van der Waals surface area contributed by atoms with E-state index in [2.05, 4.69) is 30.1 Å². The zero-order chi connectivity index (χ0) is 16.9. The number of hydrogen-bond acceptors (Lipinski definition) is 3. The third-order valence-corrected chi connectivity index (χ3v) is 7.09. The van der Waals surface area contributed by atoms with Crippen LogP contribution in [0.3, 0.4) is 0 Å². The Morgan fingerprint density at radius 3 is 2.50 bits per heavy atom. The van der Waals surface area contributed by atoms with Crippen molar-refractivity contribution >= 4 is 10.0 Å². The van der Waals surface area contributed by atoms with E-state index in [1.54, 1.807) is 16.4 Å². The Labute approximate surface area is 143 Å². The Morgan fingerprint density at radius 1 is 1.04 bits per heavy atom. The number of hydrogen-bond donors (Lipinski definition) is 0. The Kier molecular flexibility index (Phi) is 3.75. The molecule has 2 aromatic carbocycles. The molecule has 0 saturated carbocycles. The smallest absolute Gasteiger partial charge is 0.243 e. The maximum absolute atomic E-state index is 13.1. The first-order valence-electron chi connectivity index (χ1n) is 8.34. The molecule has 1 unspecified atom stereocenters. The molecule has 126 valence electrons. The molecule has 2 aliphatic rings. The van der Waals surface area contributed by atoms with Crippen LogP contribution in [0.1, 0.15) is 28.3 Å². The van der Waals surface area contributed by atoms with Gasteiger partial charge >= 0.3 is 0 Å². The van der Waals surface area contributed by atoms with Gasteiger partial charge in [0.1, 0.15) is 0 Å². The van der Waals surface area contributed by atoms with E-state index in [-0.39, 0.29) is 6.04 Å². The van der Waals surface area contributed by atoms with Gasteiger partial charge in [0.15, 0.2) is 0 Å². The summed E-state index contributed by atoms with van der Waals surface area (Å²) in [4.78, 5) is 2.66. The van der Waals surface area contributed by atoms with Gasteiger partial charge < -0.3 is 0 Å². The fourth-order valence-corrected chi connectivity index (χ4v) is 5.27. The van der Waals surface area contributed by atoms with Crippen LogP contribution in [0, 0.1) is 6.92 Å². The largest absolute Gasteiger partial charge is 0.298 e. The van der Waals surface area contributed by atoms with Gasteiger partial charge in [-0.3, -0.25) is 4.90 Å². The molecule has 5 heteroatoms. The van der Waals surface area contributed by atoms with Crippen LogP contribution < -0.4 is 0 Å². The number of likely N-dealkylation sites (N-methyl/N-ethyl adjacent to an activating group) is 1. The highest BCUT2D eigenvalue weighted by atomic mass is 32.2. The summed E-state index contributed by atoms with van der Waals surface area (Å²) in [6, 6.07) is 13.6. The van der Waals surface area contributed by atoms with Crippen molar-refractivity contribution in [2.75, 3.05) is 20.1 Å². The maximum atomic E-state index is 13.1. The molecule has 4 nitrogen and oxygen atoms in total. The highest BCUT2D eigenvalue weighted by Crippen LogP contribution is 2.38. The van der Waals surface area contributed by atoms with Gasteiger partial charge in [-0.05, 0) is 49.2 Å². The quantitative estimate of drug-likeness (QED) is 0.843. The SMILES string of the molecule is Cc1ccc(S(=O)(=O)N2Cc3cccc4c3C(C2)N(C)CC4)cc1. The fraction of sp³-hybridized carbons (Fsp3) is 0.368. The van der Waals surface area contributed by atoms with Crippen molar-refractivity contribution in [3.8, 4) is 0 Å². The average Bonchev–Trinajstić information content (AvgIpc) is 2.58. The second-order valence-electron chi connectivity index (χ2n) is 6.85. The molecule has 2 aliphatic heterocycles. The summed E-state index contributed by atoms with van der Waals surface area (Å²) in [7, 11) is -1.38. The van der Waals surface area contributed by atoms with Crippen molar-refractivity contribution < 1.29 is 8.42 Å². The number of nitrogens with zero attached hydrogens (tertiary/aromatic N) is 2. The van der Waals surface area contributed by atoms with E-state index in [0.717, 1.165) is 24.1 Å². The molecule has 2 aromatic rings. The summed E-state index contributed by atoms with van der Waals surface area (Å²) in [6.45, 7) is 3.92. The predicted molar refractivity (Wildman–Crippen MR) is 94.3 cm³/mol. The molecule has 0 aromatic heterocycles. The topological polar surface area (TPSA) is 40.6 Å². The van der Waals surface area contributed by atoms with E-state index in [1.165, 1.54) is 11.1 Å². The first-order chi connectivity index (χ1) is 11.5. The Balaban J connectivity index is 1.75. The highest BCUT2D eigenvalue weighted by molar-refractivity contribution is 7.89. The number of aryl methyl sites for hydroxylation is 1. The second kappa shape index (κ2) is 5.69. The first kappa shape index (κ1) is 15.8. The summed E-state index contributed by atoms with van der Waals surface area (Å²) >= 11 is 0. The molecule has 0 radical (unpaired) electrons. The molecule has 0 spiro atoms. The molecule has 0 aliphatic carbocycles. The van der Waals surface area contributed by atoms with Crippen LogP contribution in [0.25, 0.3) is 0 Å². The number of benzene rings is 2. The normalized spacial score (nSPS) is 21.5. The van der Waals surface area contributed by atoms with Crippen LogP contribution in [-0.4, -0.2) is 37.8 Å². The highest BCUT2D eigenvalue weighted by Gasteiger charge is 2.37. The fourth-order valence-electron chi connectivity index (χ4n) is 3.84. The van der Waals surface area contributed by atoms with Crippen LogP contribution in [0.4, 0.5) is 0 Å². The van der Waals surface area contributed by atoms with Crippen LogP contribution in [0.5, 0.6) is 0 Å². The predicted octanol–water partition coefficient (Wildman–Crippen LogP) is 2.73. The minimum Gasteiger partial charge on any atom is -0.298 e. The summed E-state index contributed by atoms with van der Waals surface area (Å²) in [5, 5.41) is 0. The molecule has 4 rings (SSSR count). The standard InChI is InChI=1S/C19H22N2O2S/c1-14-6-8-17(9-7-14)24(22,23)21-12-16-5-3-4-15-10-11-20(2)18(13-21)19(15)16/h3-9,18H,10-13H2,1-2H3. The summed E-state index contributed by atoms with van der Waals surface area (Å²) in [5.74, 6) is 0. The second-order valence-corrected chi connectivity index (χ2v) is 8.78. The van der Waals surface area contributed by atoms with E-state index in [1.807, 2.05) is 19.1 Å². The Hall–Kier alpha value is -1.69. The lowest BCUT2D eigenvalue weighted by atomic mass is 9.86. The number of sulfonamides is 1. The zero-order valence-corrected chi connectivity index (χ0v) is 14.9. The van der Waals surface area contributed by atoms with Crippen molar-refractivity contribution in [1.82, 2.24) is 9.21 Å². The summed E-state index contributed by atoms with van der Waals surface area (Å²) < 4.78 is 27.8. The Bertz CT molecular complexity index is 875. The van der Waals surface area contributed by atoms with Crippen LogP contribution in [-0.2, 0) is 23.0 Å². The van der Waals surface area contributed by atoms with Gasteiger partial charge in [-0.15, -0.1) is 0 Å². The van der Waals surface area contributed by atoms with Gasteiger partial charge in [-0.1, -0.05) is 35.9 Å². The van der Waals surface area contributed by atoms with Crippen LogP contribution in [0.2, 0.25) is 0 Å². The summed E-state index contributed by atoms with van der Waals surface area (Å²) in [5.41, 5.74) is 4.94. The molecule has 24 heavy (non-hydrogen) atoms. The van der Waals surface area contributed by atoms with Gasteiger partial charge in [-0.2, -0.15) is 4.31 Å². The summed E-state index contributed by atoms with van der Waals surface area (Å²) in [6.07, 6.45) is 1.04. The van der Waals surface area contributed by atoms with E-state index >= 15 is 0 Å². The van der Waals surface area contributed by atoms with E-state index < -0.39 is 10.0 Å². The third-order valence-electron chi connectivity index (χ3n) is 5.27. The average molecular weight is 342 g/mol. The molecular formula is C19H22N2O2S. The van der Waals surface area contributed by atoms with Crippen molar-refractivity contribution in [3.05, 3.63) is 64.7 Å². The van der Waals surface area contributed by atoms with E-state index in [0.29, 0.717) is 18.0 Å².